The van der Waals surface area contributed by atoms with Crippen LogP contribution in [0.2, 0.25) is 5.02 Å². The summed E-state index contributed by atoms with van der Waals surface area (Å²) in [4.78, 5) is 0. The molecule has 2 atom stereocenters. The number of halogens is 1. The van der Waals surface area contributed by atoms with E-state index in [4.69, 9.17) is 16.0 Å². The molecule has 4 rings (SSSR count). The molecule has 1 aliphatic carbocycles. The summed E-state index contributed by atoms with van der Waals surface area (Å²) in [6.07, 6.45) is 1.36. The molecule has 0 saturated carbocycles. The molecule has 0 aliphatic heterocycles. The highest BCUT2D eigenvalue weighted by atomic mass is 35.5. The second-order valence-corrected chi connectivity index (χ2v) is 6.06. The average Bonchev–Trinajstić information content (AvgIpc) is 3.09. The van der Waals surface area contributed by atoms with Crippen molar-refractivity contribution < 1.29 is 9.52 Å². The van der Waals surface area contributed by atoms with Crippen LogP contribution in [0.1, 0.15) is 35.3 Å². The predicted octanol–water partition coefficient (Wildman–Crippen LogP) is 4.85. The van der Waals surface area contributed by atoms with E-state index in [1.807, 2.05) is 24.3 Å². The molecule has 2 nitrogen and oxygen atoms in total. The van der Waals surface area contributed by atoms with Crippen molar-refractivity contribution in [3.63, 3.8) is 0 Å². The lowest BCUT2D eigenvalue weighted by Crippen LogP contribution is -2.07. The van der Waals surface area contributed by atoms with E-state index in [0.29, 0.717) is 10.8 Å². The van der Waals surface area contributed by atoms with Crippen LogP contribution >= 0.6 is 11.6 Å². The third-order valence-electron chi connectivity index (χ3n) is 4.35. The van der Waals surface area contributed by atoms with Gasteiger partial charge in [0, 0.05) is 16.3 Å². The largest absolute Gasteiger partial charge is 0.458 e. The molecule has 0 amide bonds. The number of furan rings is 1. The average molecular weight is 299 g/mol. The monoisotopic (exact) mass is 298 g/mol. The Morgan fingerprint density at radius 3 is 2.90 bits per heavy atom. The van der Waals surface area contributed by atoms with Crippen LogP contribution in [0.25, 0.3) is 11.0 Å². The first-order valence-corrected chi connectivity index (χ1v) is 7.55. The van der Waals surface area contributed by atoms with Crippen molar-refractivity contribution in [2.45, 2.75) is 24.9 Å². The minimum absolute atomic E-state index is 0.109. The van der Waals surface area contributed by atoms with E-state index < -0.39 is 6.10 Å². The van der Waals surface area contributed by atoms with Gasteiger partial charge in [-0.25, -0.2) is 0 Å². The molecule has 1 N–H and O–H groups in total. The second-order valence-electron chi connectivity index (χ2n) is 5.62. The van der Waals surface area contributed by atoms with E-state index in [-0.39, 0.29) is 5.92 Å². The summed E-state index contributed by atoms with van der Waals surface area (Å²) in [5.41, 5.74) is 3.34. The molecule has 3 aromatic rings. The van der Waals surface area contributed by atoms with Crippen molar-refractivity contribution in [2.75, 3.05) is 0 Å². The smallest absolute Gasteiger partial charge is 0.134 e. The number of benzene rings is 2. The SMILES string of the molecule is OC(c1cc2cc(Cl)ccc2o1)C1CCc2ccccc21. The van der Waals surface area contributed by atoms with Crippen LogP contribution in [-0.2, 0) is 6.42 Å². The number of hydrogen-bond donors (Lipinski definition) is 1. The fourth-order valence-electron chi connectivity index (χ4n) is 3.30. The molecule has 1 heterocycles. The van der Waals surface area contributed by atoms with Crippen LogP contribution in [-0.4, -0.2) is 5.11 Å². The molecular formula is C18H15ClO2. The Kier molecular flexibility index (Phi) is 3.02. The molecule has 3 heteroatoms. The summed E-state index contributed by atoms with van der Waals surface area (Å²) in [5, 5.41) is 12.3. The van der Waals surface area contributed by atoms with Gasteiger partial charge >= 0.3 is 0 Å². The first-order valence-electron chi connectivity index (χ1n) is 7.17. The Labute approximate surface area is 128 Å². The maximum absolute atomic E-state index is 10.7. The number of aliphatic hydroxyl groups is 1. The van der Waals surface area contributed by atoms with Gasteiger partial charge in [-0.15, -0.1) is 0 Å². The van der Waals surface area contributed by atoms with Crippen LogP contribution in [0.15, 0.2) is 52.9 Å². The van der Waals surface area contributed by atoms with E-state index in [0.717, 1.165) is 23.8 Å². The highest BCUT2D eigenvalue weighted by Crippen LogP contribution is 2.42. The minimum atomic E-state index is -0.611. The van der Waals surface area contributed by atoms with Crippen molar-refractivity contribution >= 4 is 22.6 Å². The van der Waals surface area contributed by atoms with Gasteiger partial charge in [0.05, 0.1) is 0 Å². The maximum atomic E-state index is 10.7. The third kappa shape index (κ3) is 2.15. The highest BCUT2D eigenvalue weighted by Gasteiger charge is 2.31. The molecule has 0 saturated heterocycles. The van der Waals surface area contributed by atoms with E-state index in [2.05, 4.69) is 18.2 Å². The predicted molar refractivity (Wildman–Crippen MR) is 83.7 cm³/mol. The van der Waals surface area contributed by atoms with Gasteiger partial charge in [0.2, 0.25) is 0 Å². The zero-order chi connectivity index (χ0) is 14.4. The third-order valence-corrected chi connectivity index (χ3v) is 4.58. The van der Waals surface area contributed by atoms with Crippen LogP contribution < -0.4 is 0 Å². The molecule has 2 unspecified atom stereocenters. The van der Waals surface area contributed by atoms with E-state index in [9.17, 15) is 5.11 Å². The van der Waals surface area contributed by atoms with Gasteiger partial charge in [0.25, 0.3) is 0 Å². The van der Waals surface area contributed by atoms with Crippen LogP contribution in [0.4, 0.5) is 0 Å². The number of hydrogen-bond acceptors (Lipinski definition) is 2. The summed E-state index contributed by atoms with van der Waals surface area (Å²) < 4.78 is 5.80. The number of aryl methyl sites for hydroxylation is 1. The number of fused-ring (bicyclic) bond motifs is 2. The summed E-state index contributed by atoms with van der Waals surface area (Å²) in [6, 6.07) is 15.7. The van der Waals surface area contributed by atoms with E-state index in [1.54, 1.807) is 6.07 Å². The van der Waals surface area contributed by atoms with Crippen LogP contribution in [0.5, 0.6) is 0 Å². The summed E-state index contributed by atoms with van der Waals surface area (Å²) in [7, 11) is 0. The number of aliphatic hydroxyl groups excluding tert-OH is 1. The van der Waals surface area contributed by atoms with Crippen molar-refractivity contribution in [2.24, 2.45) is 0 Å². The summed E-state index contributed by atoms with van der Waals surface area (Å²) in [5.74, 6) is 0.728. The van der Waals surface area contributed by atoms with Gasteiger partial charge in [0.15, 0.2) is 0 Å². The van der Waals surface area contributed by atoms with Gasteiger partial charge in [-0.2, -0.15) is 0 Å². The lowest BCUT2D eigenvalue weighted by atomic mass is 9.94. The topological polar surface area (TPSA) is 33.4 Å². The normalized spacial score (nSPS) is 18.9. The Hall–Kier alpha value is -1.77. The van der Waals surface area contributed by atoms with Crippen molar-refractivity contribution in [1.82, 2.24) is 0 Å². The first kappa shape index (κ1) is 12.9. The van der Waals surface area contributed by atoms with Gasteiger partial charge in [-0.05, 0) is 48.2 Å². The molecule has 0 bridgehead atoms. The quantitative estimate of drug-likeness (QED) is 0.733. The maximum Gasteiger partial charge on any atom is 0.134 e. The van der Waals surface area contributed by atoms with Gasteiger partial charge in [-0.3, -0.25) is 0 Å². The minimum Gasteiger partial charge on any atom is -0.458 e. The molecule has 21 heavy (non-hydrogen) atoms. The molecule has 1 aliphatic rings. The summed E-state index contributed by atoms with van der Waals surface area (Å²) in [6.45, 7) is 0. The first-order chi connectivity index (χ1) is 10.2. The standard InChI is InChI=1S/C18H15ClO2/c19-13-6-8-16-12(9-13)10-17(21-16)18(20)15-7-5-11-3-1-2-4-14(11)15/h1-4,6,8-10,15,18,20H,5,7H2. The van der Waals surface area contributed by atoms with Crippen LogP contribution in [0, 0.1) is 0 Å². The van der Waals surface area contributed by atoms with Gasteiger partial charge in [0.1, 0.15) is 17.4 Å². The Morgan fingerprint density at radius 2 is 2.00 bits per heavy atom. The van der Waals surface area contributed by atoms with Gasteiger partial charge in [-0.1, -0.05) is 35.9 Å². The van der Waals surface area contributed by atoms with Crippen LogP contribution in [0.3, 0.4) is 0 Å². The summed E-state index contributed by atoms with van der Waals surface area (Å²) >= 11 is 6.00. The fraction of sp³-hybridized carbons (Fsp3) is 0.222. The highest BCUT2D eigenvalue weighted by molar-refractivity contribution is 6.31. The lowest BCUT2D eigenvalue weighted by molar-refractivity contribution is 0.121. The Balaban J connectivity index is 1.72. The molecule has 0 fully saturated rings. The van der Waals surface area contributed by atoms with Crippen molar-refractivity contribution in [3.8, 4) is 0 Å². The molecule has 106 valence electrons. The molecule has 0 spiro atoms. The Bertz CT molecular complexity index is 806. The lowest BCUT2D eigenvalue weighted by Gasteiger charge is -2.17. The zero-order valence-electron chi connectivity index (χ0n) is 11.4. The van der Waals surface area contributed by atoms with E-state index >= 15 is 0 Å². The molecule has 0 radical (unpaired) electrons. The molecule has 2 aromatic carbocycles. The molecule has 1 aromatic heterocycles. The zero-order valence-corrected chi connectivity index (χ0v) is 12.2. The second kappa shape index (κ2) is 4.90. The van der Waals surface area contributed by atoms with Gasteiger partial charge < -0.3 is 9.52 Å². The van der Waals surface area contributed by atoms with Crippen molar-refractivity contribution in [1.29, 1.82) is 0 Å². The fourth-order valence-corrected chi connectivity index (χ4v) is 3.48. The van der Waals surface area contributed by atoms with E-state index in [1.165, 1.54) is 11.1 Å². The van der Waals surface area contributed by atoms with Crippen molar-refractivity contribution in [3.05, 3.63) is 70.4 Å². The number of rotatable bonds is 2. The Morgan fingerprint density at radius 1 is 1.14 bits per heavy atom. The molecular weight excluding hydrogens is 284 g/mol.